The highest BCUT2D eigenvalue weighted by molar-refractivity contribution is 6.11. The highest BCUT2D eigenvalue weighted by Gasteiger charge is 2.48. The number of aromatic nitrogens is 2. The molecule has 1 aliphatic rings. The lowest BCUT2D eigenvalue weighted by Crippen LogP contribution is -2.64. The van der Waals surface area contributed by atoms with Gasteiger partial charge < -0.3 is 20.1 Å². The molecule has 0 spiro atoms. The predicted molar refractivity (Wildman–Crippen MR) is 129 cm³/mol. The molecule has 1 atom stereocenters. The zero-order valence-electron chi connectivity index (χ0n) is 20.3. The number of imidazole rings is 1. The number of nitrogens with one attached hydrogen (secondary N) is 2. The van der Waals surface area contributed by atoms with Gasteiger partial charge in [-0.25, -0.2) is 13.8 Å². The first-order chi connectivity index (χ1) is 17.1. The molecule has 3 amide bonds. The highest BCUT2D eigenvalue weighted by atomic mass is 19.1. The molecule has 0 saturated heterocycles. The summed E-state index contributed by atoms with van der Waals surface area (Å²) in [7, 11) is 0. The summed E-state index contributed by atoms with van der Waals surface area (Å²) in [6.07, 6.45) is 1.88. The van der Waals surface area contributed by atoms with Crippen molar-refractivity contribution in [2.45, 2.75) is 45.8 Å². The van der Waals surface area contributed by atoms with Crippen LogP contribution in [0.3, 0.4) is 0 Å². The quantitative estimate of drug-likeness (QED) is 0.523. The Morgan fingerprint density at radius 2 is 1.86 bits per heavy atom. The minimum absolute atomic E-state index is 0.0124. The van der Waals surface area contributed by atoms with Crippen LogP contribution in [0, 0.1) is 18.6 Å². The number of amides is 3. The third-order valence-electron chi connectivity index (χ3n) is 6.26. The number of hydrogen-bond acceptors (Lipinski definition) is 4. The van der Waals surface area contributed by atoms with Crippen LogP contribution in [-0.4, -0.2) is 44.3 Å². The molecule has 8 nitrogen and oxygen atoms in total. The van der Waals surface area contributed by atoms with Crippen molar-refractivity contribution in [1.29, 1.82) is 0 Å². The molecular formula is C26H27F2N5O3. The molecule has 1 aliphatic heterocycles. The number of carbonyl (C=O) groups excluding carboxylic acids is 3. The van der Waals surface area contributed by atoms with Gasteiger partial charge in [0.05, 0.1) is 18.6 Å². The van der Waals surface area contributed by atoms with Crippen LogP contribution in [0.25, 0.3) is 0 Å². The van der Waals surface area contributed by atoms with Crippen LogP contribution >= 0.6 is 0 Å². The maximum absolute atomic E-state index is 14.0. The maximum Gasteiger partial charge on any atom is 0.276 e. The van der Waals surface area contributed by atoms with Crippen LogP contribution in [0.1, 0.15) is 52.4 Å². The fourth-order valence-corrected chi connectivity index (χ4v) is 4.28. The van der Waals surface area contributed by atoms with E-state index < -0.39 is 29.0 Å². The van der Waals surface area contributed by atoms with Gasteiger partial charge in [0, 0.05) is 19.2 Å². The summed E-state index contributed by atoms with van der Waals surface area (Å²) in [5.74, 6) is -3.29. The SMILES string of the molecule is CCCN1C(=O)c2c(C(=O)Nc3cc(F)ccc3F)ncn2C[C@@]1(C)C(=O)NCc1ccc(C)cc1. The smallest absolute Gasteiger partial charge is 0.276 e. The van der Waals surface area contributed by atoms with Gasteiger partial charge >= 0.3 is 0 Å². The van der Waals surface area contributed by atoms with Gasteiger partial charge in [-0.2, -0.15) is 0 Å². The maximum atomic E-state index is 14.0. The molecule has 10 heteroatoms. The molecule has 0 radical (unpaired) electrons. The lowest BCUT2D eigenvalue weighted by Gasteiger charge is -2.43. The van der Waals surface area contributed by atoms with Crippen LogP contribution in [0.2, 0.25) is 0 Å². The number of hydrogen-bond donors (Lipinski definition) is 2. The van der Waals surface area contributed by atoms with Gasteiger partial charge in [0.25, 0.3) is 11.8 Å². The lowest BCUT2D eigenvalue weighted by molar-refractivity contribution is -0.133. The van der Waals surface area contributed by atoms with Crippen LogP contribution in [-0.2, 0) is 17.9 Å². The van der Waals surface area contributed by atoms with E-state index in [2.05, 4.69) is 15.6 Å². The summed E-state index contributed by atoms with van der Waals surface area (Å²) in [5, 5.41) is 5.20. The van der Waals surface area contributed by atoms with Crippen molar-refractivity contribution in [3.8, 4) is 0 Å². The lowest BCUT2D eigenvalue weighted by atomic mass is 9.93. The molecule has 0 saturated carbocycles. The number of fused-ring (bicyclic) bond motifs is 1. The van der Waals surface area contributed by atoms with E-state index in [1.165, 1.54) is 15.8 Å². The highest BCUT2D eigenvalue weighted by Crippen LogP contribution is 2.30. The Morgan fingerprint density at radius 3 is 2.56 bits per heavy atom. The average Bonchev–Trinajstić information content (AvgIpc) is 3.27. The fraction of sp³-hybridized carbons (Fsp3) is 0.308. The normalized spacial score (nSPS) is 17.0. The Labute approximate surface area is 207 Å². The molecule has 36 heavy (non-hydrogen) atoms. The van der Waals surface area contributed by atoms with Gasteiger partial charge in [-0.05, 0) is 38.0 Å². The van der Waals surface area contributed by atoms with Crippen LogP contribution in [0.15, 0.2) is 48.8 Å². The molecular weight excluding hydrogens is 468 g/mol. The Morgan fingerprint density at radius 1 is 1.14 bits per heavy atom. The summed E-state index contributed by atoms with van der Waals surface area (Å²) >= 11 is 0. The van der Waals surface area contributed by atoms with E-state index in [0.29, 0.717) is 13.0 Å². The number of nitrogens with zero attached hydrogens (tertiary/aromatic N) is 3. The summed E-state index contributed by atoms with van der Waals surface area (Å²) in [4.78, 5) is 45.3. The zero-order chi connectivity index (χ0) is 26.0. The van der Waals surface area contributed by atoms with E-state index in [0.717, 1.165) is 29.3 Å². The Balaban J connectivity index is 1.60. The number of benzene rings is 2. The predicted octanol–water partition coefficient (Wildman–Crippen LogP) is 3.66. The Kier molecular flexibility index (Phi) is 6.87. The van der Waals surface area contributed by atoms with E-state index in [1.54, 1.807) is 6.92 Å². The van der Waals surface area contributed by atoms with Crippen molar-refractivity contribution in [1.82, 2.24) is 19.8 Å². The Bertz CT molecular complexity index is 1320. The zero-order valence-corrected chi connectivity index (χ0v) is 20.3. The largest absolute Gasteiger partial charge is 0.350 e. The Hall–Kier alpha value is -4.08. The van der Waals surface area contributed by atoms with E-state index in [-0.39, 0.29) is 36.1 Å². The number of halogens is 2. The molecule has 2 heterocycles. The van der Waals surface area contributed by atoms with Crippen LogP contribution in [0.4, 0.5) is 14.5 Å². The number of aryl methyl sites for hydroxylation is 1. The topological polar surface area (TPSA) is 96.3 Å². The van der Waals surface area contributed by atoms with E-state index in [4.69, 9.17) is 0 Å². The second-order valence-corrected chi connectivity index (χ2v) is 9.05. The van der Waals surface area contributed by atoms with E-state index in [1.807, 2.05) is 38.1 Å². The molecule has 0 aliphatic carbocycles. The molecule has 0 bridgehead atoms. The van der Waals surface area contributed by atoms with Crippen molar-refractivity contribution in [3.63, 3.8) is 0 Å². The first-order valence-electron chi connectivity index (χ1n) is 11.6. The molecule has 0 fully saturated rings. The number of carbonyl (C=O) groups is 3. The second kappa shape index (κ2) is 9.88. The van der Waals surface area contributed by atoms with Gasteiger partial charge in [-0.1, -0.05) is 36.8 Å². The summed E-state index contributed by atoms with van der Waals surface area (Å²) in [5.41, 5.74) is 0.197. The van der Waals surface area contributed by atoms with Gasteiger partial charge in [-0.15, -0.1) is 0 Å². The van der Waals surface area contributed by atoms with Gasteiger partial charge in [-0.3, -0.25) is 14.4 Å². The monoisotopic (exact) mass is 495 g/mol. The van der Waals surface area contributed by atoms with E-state index in [9.17, 15) is 23.2 Å². The van der Waals surface area contributed by atoms with Crippen LogP contribution < -0.4 is 10.6 Å². The molecule has 2 N–H and O–H groups in total. The average molecular weight is 496 g/mol. The van der Waals surface area contributed by atoms with Gasteiger partial charge in [0.1, 0.15) is 22.9 Å². The number of anilines is 1. The first-order valence-corrected chi connectivity index (χ1v) is 11.6. The molecule has 4 rings (SSSR count). The van der Waals surface area contributed by atoms with Crippen LogP contribution in [0.5, 0.6) is 0 Å². The standard InChI is InChI=1S/C26H27F2N5O3/c1-4-11-33-24(35)22-21(23(34)31-20-12-18(27)9-10-19(20)28)30-15-32(22)14-26(33,3)25(36)29-13-17-7-5-16(2)6-8-17/h5-10,12,15H,4,11,13-14H2,1-3H3,(H,29,36)(H,31,34)/t26-/m0/s1. The third kappa shape index (κ3) is 4.71. The molecule has 0 unspecified atom stereocenters. The van der Waals surface area contributed by atoms with Crippen molar-refractivity contribution in [3.05, 3.63) is 82.9 Å². The summed E-state index contributed by atoms with van der Waals surface area (Å²) in [6.45, 7) is 6.18. The van der Waals surface area contributed by atoms with Crippen molar-refractivity contribution in [2.75, 3.05) is 11.9 Å². The minimum atomic E-state index is -1.23. The third-order valence-corrected chi connectivity index (χ3v) is 6.26. The summed E-state index contributed by atoms with van der Waals surface area (Å²) in [6, 6.07) is 10.4. The fourth-order valence-electron chi connectivity index (χ4n) is 4.28. The minimum Gasteiger partial charge on any atom is -0.350 e. The van der Waals surface area contributed by atoms with E-state index >= 15 is 0 Å². The molecule has 1 aromatic heterocycles. The summed E-state index contributed by atoms with van der Waals surface area (Å²) < 4.78 is 29.0. The molecule has 188 valence electrons. The van der Waals surface area contributed by atoms with Gasteiger partial charge in [0.15, 0.2) is 5.69 Å². The van der Waals surface area contributed by atoms with Crippen molar-refractivity contribution >= 4 is 23.4 Å². The first kappa shape index (κ1) is 25.0. The molecule has 2 aromatic carbocycles. The molecule has 3 aromatic rings. The van der Waals surface area contributed by atoms with Gasteiger partial charge in [0.2, 0.25) is 5.91 Å². The van der Waals surface area contributed by atoms with Crippen molar-refractivity contribution < 1.29 is 23.2 Å². The van der Waals surface area contributed by atoms with Crippen molar-refractivity contribution in [2.24, 2.45) is 0 Å². The number of rotatable bonds is 7. The second-order valence-electron chi connectivity index (χ2n) is 9.05.